The molecule has 0 radical (unpaired) electrons. The molecule has 0 unspecified atom stereocenters. The first kappa shape index (κ1) is 11.6. The second-order valence-electron chi connectivity index (χ2n) is 4.47. The zero-order valence-electron chi connectivity index (χ0n) is 9.91. The molecule has 1 aromatic heterocycles. The van der Waals surface area contributed by atoms with Gasteiger partial charge in [0.25, 0.3) is 0 Å². The van der Waals surface area contributed by atoms with E-state index in [1.54, 1.807) is 6.20 Å². The van der Waals surface area contributed by atoms with Crippen molar-refractivity contribution >= 4 is 0 Å². The molecule has 90 valence electrons. The minimum absolute atomic E-state index is 0.848. The first-order valence-electron chi connectivity index (χ1n) is 6.36. The van der Waals surface area contributed by atoms with E-state index >= 15 is 0 Å². The average molecular weight is 222 g/mol. The molecule has 1 fully saturated rings. The molecule has 0 amide bonds. The molecular formula is C12H22N4. The Balaban J connectivity index is 1.56. The highest BCUT2D eigenvalue weighted by molar-refractivity contribution is 4.85. The highest BCUT2D eigenvalue weighted by Gasteiger charge is 2.07. The SMILES string of the molecule is c1c[nH]c(CNCCN2CCCCCC2)n1. The van der Waals surface area contributed by atoms with Crippen LogP contribution in [0.1, 0.15) is 31.5 Å². The highest BCUT2D eigenvalue weighted by Crippen LogP contribution is 2.08. The van der Waals surface area contributed by atoms with Crippen LogP contribution >= 0.6 is 0 Å². The molecule has 0 spiro atoms. The van der Waals surface area contributed by atoms with E-state index in [0.29, 0.717) is 0 Å². The Morgan fingerprint density at radius 1 is 1.25 bits per heavy atom. The van der Waals surface area contributed by atoms with E-state index in [1.807, 2.05) is 6.20 Å². The molecule has 2 N–H and O–H groups in total. The van der Waals surface area contributed by atoms with Gasteiger partial charge in [-0.05, 0) is 25.9 Å². The number of aromatic nitrogens is 2. The number of likely N-dealkylation sites (tertiary alicyclic amines) is 1. The lowest BCUT2D eigenvalue weighted by Gasteiger charge is -2.19. The van der Waals surface area contributed by atoms with Crippen molar-refractivity contribution in [2.45, 2.75) is 32.2 Å². The summed E-state index contributed by atoms with van der Waals surface area (Å²) in [6.45, 7) is 5.63. The molecule has 0 atom stereocenters. The largest absolute Gasteiger partial charge is 0.348 e. The van der Waals surface area contributed by atoms with Gasteiger partial charge in [-0.25, -0.2) is 4.98 Å². The third kappa shape index (κ3) is 3.94. The standard InChI is InChI=1S/C12H22N4/c1-2-4-9-16(8-3-1)10-7-13-11-12-14-5-6-15-12/h5-6,13H,1-4,7-11H2,(H,14,15). The Bertz CT molecular complexity index is 263. The molecule has 4 heteroatoms. The van der Waals surface area contributed by atoms with Gasteiger partial charge in [-0.3, -0.25) is 0 Å². The van der Waals surface area contributed by atoms with Crippen LogP contribution in [0.15, 0.2) is 12.4 Å². The maximum Gasteiger partial charge on any atom is 0.120 e. The fourth-order valence-corrected chi connectivity index (χ4v) is 2.20. The molecule has 4 nitrogen and oxygen atoms in total. The van der Waals surface area contributed by atoms with Crippen molar-refractivity contribution in [2.24, 2.45) is 0 Å². The summed E-state index contributed by atoms with van der Waals surface area (Å²) >= 11 is 0. The number of H-pyrrole nitrogens is 1. The molecule has 1 aliphatic heterocycles. The topological polar surface area (TPSA) is 44.0 Å². The molecule has 2 rings (SSSR count). The number of hydrogen-bond donors (Lipinski definition) is 2. The first-order valence-corrected chi connectivity index (χ1v) is 6.36. The Labute approximate surface area is 97.4 Å². The van der Waals surface area contributed by atoms with E-state index < -0.39 is 0 Å². The maximum atomic E-state index is 4.18. The average Bonchev–Trinajstić information content (AvgIpc) is 2.68. The fourth-order valence-electron chi connectivity index (χ4n) is 2.20. The van der Waals surface area contributed by atoms with Crippen molar-refractivity contribution in [3.05, 3.63) is 18.2 Å². The highest BCUT2D eigenvalue weighted by atomic mass is 15.1. The van der Waals surface area contributed by atoms with E-state index in [-0.39, 0.29) is 0 Å². The summed E-state index contributed by atoms with van der Waals surface area (Å²) in [5.74, 6) is 1.02. The monoisotopic (exact) mass is 222 g/mol. The van der Waals surface area contributed by atoms with Crippen molar-refractivity contribution in [3.8, 4) is 0 Å². The van der Waals surface area contributed by atoms with Crippen molar-refractivity contribution in [2.75, 3.05) is 26.2 Å². The van der Waals surface area contributed by atoms with Crippen LogP contribution in [0.3, 0.4) is 0 Å². The zero-order chi connectivity index (χ0) is 11.1. The number of aromatic amines is 1. The van der Waals surface area contributed by atoms with Crippen molar-refractivity contribution in [1.82, 2.24) is 20.2 Å². The van der Waals surface area contributed by atoms with Crippen molar-refractivity contribution in [1.29, 1.82) is 0 Å². The van der Waals surface area contributed by atoms with Crippen molar-refractivity contribution < 1.29 is 0 Å². The minimum Gasteiger partial charge on any atom is -0.348 e. The summed E-state index contributed by atoms with van der Waals surface area (Å²) in [4.78, 5) is 9.85. The van der Waals surface area contributed by atoms with Crippen molar-refractivity contribution in [3.63, 3.8) is 0 Å². The third-order valence-corrected chi connectivity index (χ3v) is 3.15. The lowest BCUT2D eigenvalue weighted by Crippen LogP contribution is -2.32. The van der Waals surface area contributed by atoms with Gasteiger partial charge in [-0.15, -0.1) is 0 Å². The minimum atomic E-state index is 0.848. The molecule has 0 aromatic carbocycles. The van der Waals surface area contributed by atoms with Crippen LogP contribution in [-0.2, 0) is 6.54 Å². The maximum absolute atomic E-state index is 4.18. The van der Waals surface area contributed by atoms with Gasteiger partial charge in [0.1, 0.15) is 5.82 Å². The quantitative estimate of drug-likeness (QED) is 0.740. The second kappa shape index (κ2) is 6.66. The fraction of sp³-hybridized carbons (Fsp3) is 0.750. The van der Waals surface area contributed by atoms with Crippen LogP contribution < -0.4 is 5.32 Å². The summed E-state index contributed by atoms with van der Waals surface area (Å²) < 4.78 is 0. The molecule has 1 aromatic rings. The van der Waals surface area contributed by atoms with Crippen LogP contribution in [0, 0.1) is 0 Å². The molecule has 0 bridgehead atoms. The number of imidazole rings is 1. The van der Waals surface area contributed by atoms with Crippen LogP contribution in [0.5, 0.6) is 0 Å². The molecule has 0 aliphatic carbocycles. The Morgan fingerprint density at radius 3 is 2.75 bits per heavy atom. The summed E-state index contributed by atoms with van der Waals surface area (Å²) in [6.07, 6.45) is 9.24. The van der Waals surface area contributed by atoms with Crippen LogP contribution in [0.4, 0.5) is 0 Å². The molecule has 16 heavy (non-hydrogen) atoms. The van der Waals surface area contributed by atoms with Gasteiger partial charge in [-0.1, -0.05) is 12.8 Å². The molecular weight excluding hydrogens is 200 g/mol. The summed E-state index contributed by atoms with van der Waals surface area (Å²) in [7, 11) is 0. The van der Waals surface area contributed by atoms with Gasteiger partial charge >= 0.3 is 0 Å². The van der Waals surface area contributed by atoms with Crippen LogP contribution in [0.25, 0.3) is 0 Å². The summed E-state index contributed by atoms with van der Waals surface area (Å²) in [5, 5.41) is 3.42. The van der Waals surface area contributed by atoms with Crippen LogP contribution in [-0.4, -0.2) is 41.0 Å². The Hall–Kier alpha value is -0.870. The lowest BCUT2D eigenvalue weighted by molar-refractivity contribution is 0.284. The number of nitrogens with zero attached hydrogens (tertiary/aromatic N) is 2. The van der Waals surface area contributed by atoms with E-state index in [1.165, 1.54) is 45.3 Å². The van der Waals surface area contributed by atoms with E-state index in [2.05, 4.69) is 20.2 Å². The van der Waals surface area contributed by atoms with E-state index in [0.717, 1.165) is 18.9 Å². The van der Waals surface area contributed by atoms with Gasteiger partial charge in [0.05, 0.1) is 6.54 Å². The van der Waals surface area contributed by atoms with Gasteiger partial charge in [-0.2, -0.15) is 0 Å². The predicted octanol–water partition coefficient (Wildman–Crippen LogP) is 1.38. The number of nitrogens with one attached hydrogen (secondary N) is 2. The van der Waals surface area contributed by atoms with Gasteiger partial charge in [0.15, 0.2) is 0 Å². The van der Waals surface area contributed by atoms with Gasteiger partial charge in [0.2, 0.25) is 0 Å². The first-order chi connectivity index (χ1) is 7.95. The molecule has 2 heterocycles. The molecule has 1 saturated heterocycles. The predicted molar refractivity (Wildman–Crippen MR) is 65.2 cm³/mol. The second-order valence-corrected chi connectivity index (χ2v) is 4.47. The summed E-state index contributed by atoms with van der Waals surface area (Å²) in [5.41, 5.74) is 0. The Morgan fingerprint density at radius 2 is 2.06 bits per heavy atom. The van der Waals surface area contributed by atoms with Gasteiger partial charge < -0.3 is 15.2 Å². The normalized spacial score (nSPS) is 18.5. The molecule has 0 saturated carbocycles. The van der Waals surface area contributed by atoms with Crippen LogP contribution in [0.2, 0.25) is 0 Å². The summed E-state index contributed by atoms with van der Waals surface area (Å²) in [6, 6.07) is 0. The lowest BCUT2D eigenvalue weighted by atomic mass is 10.2. The number of hydrogen-bond acceptors (Lipinski definition) is 3. The Kier molecular flexibility index (Phi) is 4.83. The molecule has 1 aliphatic rings. The number of rotatable bonds is 5. The van der Waals surface area contributed by atoms with Gasteiger partial charge in [0, 0.05) is 25.5 Å². The zero-order valence-corrected chi connectivity index (χ0v) is 9.91. The van der Waals surface area contributed by atoms with E-state index in [4.69, 9.17) is 0 Å². The third-order valence-electron chi connectivity index (χ3n) is 3.15. The smallest absolute Gasteiger partial charge is 0.120 e. The van der Waals surface area contributed by atoms with E-state index in [9.17, 15) is 0 Å².